The van der Waals surface area contributed by atoms with E-state index in [4.69, 9.17) is 5.26 Å². The predicted molar refractivity (Wildman–Crippen MR) is 68.7 cm³/mol. The zero-order chi connectivity index (χ0) is 12.8. The quantitative estimate of drug-likeness (QED) is 0.859. The second-order valence-electron chi connectivity index (χ2n) is 4.42. The lowest BCUT2D eigenvalue weighted by atomic mass is 10.1. The van der Waals surface area contributed by atoms with Gasteiger partial charge in [-0.1, -0.05) is 30.3 Å². The summed E-state index contributed by atoms with van der Waals surface area (Å²) in [4.78, 5) is 13.8. The molecule has 18 heavy (non-hydrogen) atoms. The van der Waals surface area contributed by atoms with Crippen LogP contribution in [0.3, 0.4) is 0 Å². The van der Waals surface area contributed by atoms with Crippen molar-refractivity contribution in [3.63, 3.8) is 0 Å². The summed E-state index contributed by atoms with van der Waals surface area (Å²) in [7, 11) is 0. The van der Waals surface area contributed by atoms with Gasteiger partial charge in [-0.2, -0.15) is 5.26 Å². The molecule has 0 aromatic heterocycles. The summed E-state index contributed by atoms with van der Waals surface area (Å²) in [5.74, 6) is 0.0758. The van der Waals surface area contributed by atoms with E-state index in [0.717, 1.165) is 18.5 Å². The molecule has 1 fully saturated rings. The maximum atomic E-state index is 12.1. The first-order chi connectivity index (χ1) is 8.81. The minimum atomic E-state index is -0.318. The molecule has 4 nitrogen and oxygen atoms in total. The molecule has 1 aliphatic heterocycles. The minimum absolute atomic E-state index is 0.0758. The van der Waals surface area contributed by atoms with Crippen LogP contribution in [-0.2, 0) is 11.2 Å². The van der Waals surface area contributed by atoms with Crippen molar-refractivity contribution in [2.75, 3.05) is 19.6 Å². The third-order valence-corrected chi connectivity index (χ3v) is 3.18. The zero-order valence-electron chi connectivity index (χ0n) is 10.3. The molecular formula is C14H17N3O. The van der Waals surface area contributed by atoms with Crippen LogP contribution in [0.25, 0.3) is 0 Å². The van der Waals surface area contributed by atoms with Crippen molar-refractivity contribution in [3.05, 3.63) is 35.9 Å². The highest BCUT2D eigenvalue weighted by Crippen LogP contribution is 2.08. The number of aryl methyl sites for hydroxylation is 1. The Morgan fingerprint density at radius 1 is 1.44 bits per heavy atom. The summed E-state index contributed by atoms with van der Waals surface area (Å²) < 4.78 is 0. The lowest BCUT2D eigenvalue weighted by molar-refractivity contribution is -0.133. The number of hydrogen-bond acceptors (Lipinski definition) is 3. The van der Waals surface area contributed by atoms with E-state index in [9.17, 15) is 4.79 Å². The summed E-state index contributed by atoms with van der Waals surface area (Å²) in [6.07, 6.45) is 1.21. The van der Waals surface area contributed by atoms with E-state index in [0.29, 0.717) is 19.5 Å². The van der Waals surface area contributed by atoms with Gasteiger partial charge in [-0.15, -0.1) is 0 Å². The first-order valence-electron chi connectivity index (χ1n) is 6.25. The number of nitrogens with one attached hydrogen (secondary N) is 1. The summed E-state index contributed by atoms with van der Waals surface area (Å²) in [6.45, 7) is 1.98. The van der Waals surface area contributed by atoms with E-state index in [-0.39, 0.29) is 11.9 Å². The SMILES string of the molecule is N#CC1CNCCN1C(=O)CCc1ccccc1. The Morgan fingerprint density at radius 2 is 2.22 bits per heavy atom. The Labute approximate surface area is 107 Å². The number of hydrogen-bond donors (Lipinski definition) is 1. The molecule has 94 valence electrons. The van der Waals surface area contributed by atoms with Gasteiger partial charge in [-0.3, -0.25) is 4.79 Å². The zero-order valence-corrected chi connectivity index (χ0v) is 10.3. The molecule has 1 aromatic carbocycles. The fraction of sp³-hybridized carbons (Fsp3) is 0.429. The van der Waals surface area contributed by atoms with Crippen LogP contribution in [-0.4, -0.2) is 36.5 Å². The van der Waals surface area contributed by atoms with Crippen molar-refractivity contribution < 1.29 is 4.79 Å². The average Bonchev–Trinajstić information content (AvgIpc) is 2.45. The van der Waals surface area contributed by atoms with Crippen LogP contribution in [0, 0.1) is 11.3 Å². The Balaban J connectivity index is 1.89. The first kappa shape index (κ1) is 12.6. The van der Waals surface area contributed by atoms with Crippen molar-refractivity contribution in [1.29, 1.82) is 5.26 Å². The van der Waals surface area contributed by atoms with Gasteiger partial charge < -0.3 is 10.2 Å². The van der Waals surface area contributed by atoms with Gasteiger partial charge in [0.25, 0.3) is 0 Å². The minimum Gasteiger partial charge on any atom is -0.324 e. The Kier molecular flexibility index (Phi) is 4.32. The van der Waals surface area contributed by atoms with Gasteiger partial charge in [0.2, 0.25) is 5.91 Å². The van der Waals surface area contributed by atoms with E-state index in [2.05, 4.69) is 11.4 Å². The van der Waals surface area contributed by atoms with Crippen LogP contribution in [0.1, 0.15) is 12.0 Å². The topological polar surface area (TPSA) is 56.1 Å². The van der Waals surface area contributed by atoms with Crippen molar-refractivity contribution >= 4 is 5.91 Å². The van der Waals surface area contributed by atoms with Gasteiger partial charge in [0.1, 0.15) is 6.04 Å². The molecule has 0 saturated carbocycles. The third kappa shape index (κ3) is 3.08. The van der Waals surface area contributed by atoms with Crippen LogP contribution in [0.4, 0.5) is 0 Å². The molecular weight excluding hydrogens is 226 g/mol. The van der Waals surface area contributed by atoms with E-state index >= 15 is 0 Å². The number of rotatable bonds is 3. The van der Waals surface area contributed by atoms with Gasteiger partial charge in [0.05, 0.1) is 6.07 Å². The van der Waals surface area contributed by atoms with E-state index in [1.165, 1.54) is 0 Å². The molecule has 1 atom stereocenters. The van der Waals surface area contributed by atoms with Gasteiger partial charge >= 0.3 is 0 Å². The molecule has 1 heterocycles. The lowest BCUT2D eigenvalue weighted by Crippen LogP contribution is -2.53. The lowest BCUT2D eigenvalue weighted by Gasteiger charge is -2.32. The number of carbonyl (C=O) groups is 1. The normalized spacial score (nSPS) is 19.3. The number of nitriles is 1. The van der Waals surface area contributed by atoms with Crippen LogP contribution in [0.2, 0.25) is 0 Å². The van der Waals surface area contributed by atoms with Gasteiger partial charge in [-0.25, -0.2) is 0 Å². The Morgan fingerprint density at radius 3 is 2.94 bits per heavy atom. The summed E-state index contributed by atoms with van der Waals surface area (Å²) in [5.41, 5.74) is 1.16. The fourth-order valence-corrected chi connectivity index (χ4v) is 2.16. The summed E-state index contributed by atoms with van der Waals surface area (Å²) in [5, 5.41) is 12.1. The van der Waals surface area contributed by atoms with E-state index in [1.54, 1.807) is 4.90 Å². The number of piperazine rings is 1. The predicted octanol–water partition coefficient (Wildman–Crippen LogP) is 0.943. The fourth-order valence-electron chi connectivity index (χ4n) is 2.16. The molecule has 1 amide bonds. The summed E-state index contributed by atoms with van der Waals surface area (Å²) >= 11 is 0. The first-order valence-corrected chi connectivity index (χ1v) is 6.25. The second-order valence-corrected chi connectivity index (χ2v) is 4.42. The highest BCUT2D eigenvalue weighted by atomic mass is 16.2. The van der Waals surface area contributed by atoms with Gasteiger partial charge in [0.15, 0.2) is 0 Å². The molecule has 2 rings (SSSR count). The average molecular weight is 243 g/mol. The molecule has 1 saturated heterocycles. The Bertz CT molecular complexity index is 438. The third-order valence-electron chi connectivity index (χ3n) is 3.18. The maximum absolute atomic E-state index is 12.1. The monoisotopic (exact) mass is 243 g/mol. The maximum Gasteiger partial charge on any atom is 0.224 e. The van der Waals surface area contributed by atoms with Crippen molar-refractivity contribution in [2.45, 2.75) is 18.9 Å². The van der Waals surface area contributed by atoms with Crippen molar-refractivity contribution in [1.82, 2.24) is 10.2 Å². The molecule has 1 unspecified atom stereocenters. The molecule has 1 aromatic rings. The molecule has 0 bridgehead atoms. The van der Waals surface area contributed by atoms with Crippen LogP contribution in [0.15, 0.2) is 30.3 Å². The van der Waals surface area contributed by atoms with Crippen LogP contribution < -0.4 is 5.32 Å². The van der Waals surface area contributed by atoms with Gasteiger partial charge in [-0.05, 0) is 12.0 Å². The number of benzene rings is 1. The molecule has 0 spiro atoms. The largest absolute Gasteiger partial charge is 0.324 e. The van der Waals surface area contributed by atoms with Crippen LogP contribution in [0.5, 0.6) is 0 Å². The molecule has 0 aliphatic carbocycles. The molecule has 0 radical (unpaired) electrons. The van der Waals surface area contributed by atoms with Crippen molar-refractivity contribution in [3.8, 4) is 6.07 Å². The number of amides is 1. The highest BCUT2D eigenvalue weighted by Gasteiger charge is 2.25. The summed E-state index contributed by atoms with van der Waals surface area (Å²) in [6, 6.07) is 11.8. The highest BCUT2D eigenvalue weighted by molar-refractivity contribution is 5.77. The Hall–Kier alpha value is -1.86. The molecule has 4 heteroatoms. The number of carbonyl (C=O) groups excluding carboxylic acids is 1. The molecule has 1 aliphatic rings. The van der Waals surface area contributed by atoms with Crippen molar-refractivity contribution in [2.24, 2.45) is 0 Å². The van der Waals surface area contributed by atoms with Crippen LogP contribution >= 0.6 is 0 Å². The smallest absolute Gasteiger partial charge is 0.224 e. The van der Waals surface area contributed by atoms with E-state index in [1.807, 2.05) is 30.3 Å². The number of nitrogens with zero attached hydrogens (tertiary/aromatic N) is 2. The molecule has 1 N–H and O–H groups in total. The van der Waals surface area contributed by atoms with E-state index < -0.39 is 0 Å². The second kappa shape index (κ2) is 6.18. The van der Waals surface area contributed by atoms with Gasteiger partial charge in [0, 0.05) is 26.1 Å². The standard InChI is InChI=1S/C14H17N3O/c15-10-13-11-16-8-9-17(13)14(18)7-6-12-4-2-1-3-5-12/h1-5,13,16H,6-9,11H2.